The molecule has 17 heavy (non-hydrogen) atoms. The first-order valence-electron chi connectivity index (χ1n) is 6.60. The molecule has 0 spiro atoms. The van der Waals surface area contributed by atoms with E-state index in [1.807, 2.05) is 17.9 Å². The maximum absolute atomic E-state index is 5.85. The van der Waals surface area contributed by atoms with Crippen LogP contribution in [0.3, 0.4) is 0 Å². The van der Waals surface area contributed by atoms with Crippen molar-refractivity contribution < 1.29 is 4.74 Å². The molecule has 4 heteroatoms. The summed E-state index contributed by atoms with van der Waals surface area (Å²) < 4.78 is 7.71. The van der Waals surface area contributed by atoms with Gasteiger partial charge in [0.15, 0.2) is 0 Å². The fraction of sp³-hybridized carbons (Fsp3) is 0.769. The number of hydrogen-bond acceptors (Lipinski definition) is 3. The van der Waals surface area contributed by atoms with Gasteiger partial charge in [-0.05, 0) is 32.1 Å². The first kappa shape index (κ1) is 11.2. The SMILES string of the molecule is CC(NC1CCOC1C1CC1)c1cnn(C)c1. The highest BCUT2D eigenvalue weighted by Gasteiger charge is 2.40. The summed E-state index contributed by atoms with van der Waals surface area (Å²) in [6, 6.07) is 0.884. The summed E-state index contributed by atoms with van der Waals surface area (Å²) in [4.78, 5) is 0. The molecule has 1 aliphatic heterocycles. The highest BCUT2D eigenvalue weighted by atomic mass is 16.5. The Kier molecular flexibility index (Phi) is 2.92. The van der Waals surface area contributed by atoms with Gasteiger partial charge < -0.3 is 10.1 Å². The number of rotatable bonds is 4. The first-order valence-corrected chi connectivity index (χ1v) is 6.60. The number of ether oxygens (including phenoxy) is 1. The second-order valence-corrected chi connectivity index (χ2v) is 5.40. The van der Waals surface area contributed by atoms with Crippen LogP contribution >= 0.6 is 0 Å². The van der Waals surface area contributed by atoms with Crippen molar-refractivity contribution in [2.75, 3.05) is 6.61 Å². The largest absolute Gasteiger partial charge is 0.376 e. The van der Waals surface area contributed by atoms with Crippen LogP contribution in [0.4, 0.5) is 0 Å². The van der Waals surface area contributed by atoms with Gasteiger partial charge in [-0.15, -0.1) is 0 Å². The van der Waals surface area contributed by atoms with Crippen LogP contribution in [0.25, 0.3) is 0 Å². The summed E-state index contributed by atoms with van der Waals surface area (Å²) in [6.45, 7) is 3.12. The van der Waals surface area contributed by atoms with Gasteiger partial charge in [0, 0.05) is 37.5 Å². The monoisotopic (exact) mass is 235 g/mol. The first-order chi connectivity index (χ1) is 8.24. The van der Waals surface area contributed by atoms with Gasteiger partial charge in [0.25, 0.3) is 0 Å². The Bertz CT molecular complexity index is 386. The van der Waals surface area contributed by atoms with E-state index < -0.39 is 0 Å². The zero-order chi connectivity index (χ0) is 11.8. The average molecular weight is 235 g/mol. The molecule has 4 nitrogen and oxygen atoms in total. The molecule has 3 atom stereocenters. The standard InChI is InChI=1S/C13H21N3O/c1-9(11-7-14-16(2)8-11)15-12-5-6-17-13(12)10-3-4-10/h7-10,12-13,15H,3-6H2,1-2H3. The fourth-order valence-corrected chi connectivity index (χ4v) is 2.76. The molecular weight excluding hydrogens is 214 g/mol. The van der Waals surface area contributed by atoms with Crippen LogP contribution in [0.2, 0.25) is 0 Å². The molecule has 3 rings (SSSR count). The van der Waals surface area contributed by atoms with E-state index in [-0.39, 0.29) is 0 Å². The normalized spacial score (nSPS) is 30.7. The molecular formula is C13H21N3O. The van der Waals surface area contributed by atoms with Gasteiger partial charge in [0.1, 0.15) is 0 Å². The molecule has 2 fully saturated rings. The van der Waals surface area contributed by atoms with E-state index >= 15 is 0 Å². The molecule has 0 bridgehead atoms. The van der Waals surface area contributed by atoms with Crippen LogP contribution in [0.5, 0.6) is 0 Å². The number of aromatic nitrogens is 2. The summed E-state index contributed by atoms with van der Waals surface area (Å²) >= 11 is 0. The maximum Gasteiger partial charge on any atom is 0.0757 e. The summed E-state index contributed by atoms with van der Waals surface area (Å²) in [5, 5.41) is 7.93. The highest BCUT2D eigenvalue weighted by molar-refractivity contribution is 5.10. The van der Waals surface area contributed by atoms with E-state index in [0.717, 1.165) is 18.9 Å². The smallest absolute Gasteiger partial charge is 0.0757 e. The second-order valence-electron chi connectivity index (χ2n) is 5.40. The fourth-order valence-electron chi connectivity index (χ4n) is 2.76. The molecule has 1 saturated carbocycles. The highest BCUT2D eigenvalue weighted by Crippen LogP contribution is 2.39. The van der Waals surface area contributed by atoms with Crippen LogP contribution in [0.1, 0.15) is 37.8 Å². The lowest BCUT2D eigenvalue weighted by molar-refractivity contribution is 0.0793. The van der Waals surface area contributed by atoms with E-state index in [1.165, 1.54) is 18.4 Å². The topological polar surface area (TPSA) is 39.1 Å². The maximum atomic E-state index is 5.85. The van der Waals surface area contributed by atoms with E-state index in [9.17, 15) is 0 Å². The second kappa shape index (κ2) is 4.42. The average Bonchev–Trinajstić information content (AvgIpc) is 2.89. The summed E-state index contributed by atoms with van der Waals surface area (Å²) in [5.41, 5.74) is 1.26. The lowest BCUT2D eigenvalue weighted by Crippen LogP contribution is -2.39. The molecule has 1 aromatic rings. The third kappa shape index (κ3) is 2.38. The van der Waals surface area contributed by atoms with Gasteiger partial charge in [-0.1, -0.05) is 0 Å². The van der Waals surface area contributed by atoms with Crippen LogP contribution in [-0.4, -0.2) is 28.5 Å². The predicted octanol–water partition coefficient (Wildman–Crippen LogP) is 1.64. The van der Waals surface area contributed by atoms with Gasteiger partial charge in [-0.3, -0.25) is 4.68 Å². The lowest BCUT2D eigenvalue weighted by Gasteiger charge is -2.23. The molecule has 2 heterocycles. The van der Waals surface area contributed by atoms with Crippen LogP contribution in [0.15, 0.2) is 12.4 Å². The van der Waals surface area contributed by atoms with Crippen molar-refractivity contribution in [1.29, 1.82) is 0 Å². The van der Waals surface area contributed by atoms with Crippen molar-refractivity contribution in [3.63, 3.8) is 0 Å². The minimum Gasteiger partial charge on any atom is -0.376 e. The minimum atomic E-state index is 0.358. The quantitative estimate of drug-likeness (QED) is 0.862. The van der Waals surface area contributed by atoms with Crippen LogP contribution < -0.4 is 5.32 Å². The van der Waals surface area contributed by atoms with Crippen LogP contribution in [-0.2, 0) is 11.8 Å². The van der Waals surface area contributed by atoms with Gasteiger partial charge >= 0.3 is 0 Å². The van der Waals surface area contributed by atoms with Gasteiger partial charge in [0.05, 0.1) is 12.3 Å². The zero-order valence-corrected chi connectivity index (χ0v) is 10.6. The number of nitrogens with zero attached hydrogens (tertiary/aromatic N) is 2. The number of nitrogens with one attached hydrogen (secondary N) is 1. The molecule has 2 aliphatic rings. The Morgan fingerprint density at radius 1 is 1.47 bits per heavy atom. The van der Waals surface area contributed by atoms with E-state index in [2.05, 4.69) is 23.5 Å². The molecule has 1 saturated heterocycles. The molecule has 3 unspecified atom stereocenters. The van der Waals surface area contributed by atoms with E-state index in [4.69, 9.17) is 4.74 Å². The predicted molar refractivity (Wildman–Crippen MR) is 65.6 cm³/mol. The van der Waals surface area contributed by atoms with Crippen molar-refractivity contribution >= 4 is 0 Å². The van der Waals surface area contributed by atoms with Crippen molar-refractivity contribution in [3.8, 4) is 0 Å². The molecule has 1 aliphatic carbocycles. The van der Waals surface area contributed by atoms with Gasteiger partial charge in [-0.2, -0.15) is 5.10 Å². The summed E-state index contributed by atoms with van der Waals surface area (Å²) in [6.07, 6.45) is 8.33. The lowest BCUT2D eigenvalue weighted by atomic mass is 10.0. The summed E-state index contributed by atoms with van der Waals surface area (Å²) in [5.74, 6) is 0.816. The van der Waals surface area contributed by atoms with Gasteiger partial charge in [0.2, 0.25) is 0 Å². The van der Waals surface area contributed by atoms with Crippen molar-refractivity contribution in [3.05, 3.63) is 18.0 Å². The van der Waals surface area contributed by atoms with E-state index in [0.29, 0.717) is 18.2 Å². The third-order valence-corrected chi connectivity index (χ3v) is 3.91. The third-order valence-electron chi connectivity index (χ3n) is 3.91. The van der Waals surface area contributed by atoms with Crippen molar-refractivity contribution in [2.24, 2.45) is 13.0 Å². The van der Waals surface area contributed by atoms with Crippen molar-refractivity contribution in [2.45, 2.75) is 44.4 Å². The number of aryl methyl sites for hydroxylation is 1. The molecule has 0 amide bonds. The molecule has 94 valence electrons. The Morgan fingerprint density at radius 2 is 2.29 bits per heavy atom. The van der Waals surface area contributed by atoms with Crippen molar-refractivity contribution in [1.82, 2.24) is 15.1 Å². The molecule has 0 radical (unpaired) electrons. The van der Waals surface area contributed by atoms with Gasteiger partial charge in [-0.25, -0.2) is 0 Å². The Hall–Kier alpha value is -0.870. The number of hydrogen-bond donors (Lipinski definition) is 1. The summed E-state index contributed by atoms with van der Waals surface area (Å²) in [7, 11) is 1.96. The minimum absolute atomic E-state index is 0.358. The molecule has 0 aromatic carbocycles. The van der Waals surface area contributed by atoms with Crippen LogP contribution in [0, 0.1) is 5.92 Å². The Labute approximate surface area is 102 Å². The Balaban J connectivity index is 1.62. The molecule has 1 aromatic heterocycles. The molecule has 1 N–H and O–H groups in total. The zero-order valence-electron chi connectivity index (χ0n) is 10.6. The van der Waals surface area contributed by atoms with E-state index in [1.54, 1.807) is 0 Å². The Morgan fingerprint density at radius 3 is 2.94 bits per heavy atom.